The van der Waals surface area contributed by atoms with E-state index in [1.54, 1.807) is 0 Å². The summed E-state index contributed by atoms with van der Waals surface area (Å²) in [4.78, 5) is 44.7. The monoisotopic (exact) mass is 697 g/mol. The van der Waals surface area contributed by atoms with Gasteiger partial charge in [-0.3, -0.25) is 9.59 Å². The number of carbonyl (C=O) groups is 2. The summed E-state index contributed by atoms with van der Waals surface area (Å²) in [6.07, 6.45) is 5.91. The molecule has 1 aliphatic heterocycles. The predicted octanol–water partition coefficient (Wildman–Crippen LogP) is -0.188. The van der Waals surface area contributed by atoms with E-state index in [4.69, 9.17) is 50.9 Å². The molecule has 0 atom stereocenters. The van der Waals surface area contributed by atoms with E-state index < -0.39 is 11.9 Å². The van der Waals surface area contributed by atoms with Gasteiger partial charge in [0.05, 0.1) is 0 Å². The van der Waals surface area contributed by atoms with Crippen LogP contribution >= 0.6 is 25.3 Å². The Bertz CT molecular complexity index is 2280. The second-order valence-electron chi connectivity index (χ2n) is 11.5. The van der Waals surface area contributed by atoms with Crippen molar-refractivity contribution in [1.29, 1.82) is 0 Å². The van der Waals surface area contributed by atoms with Gasteiger partial charge < -0.3 is 35.9 Å². The van der Waals surface area contributed by atoms with Crippen LogP contribution in [0.4, 0.5) is 0 Å². The molecule has 0 spiro atoms. The molecule has 5 rings (SSSR count). The smallest absolute Gasteiger partial charge is 0.657 e. The third-order valence-electron chi connectivity index (χ3n) is 8.45. The van der Waals surface area contributed by atoms with Gasteiger partial charge >= 0.3 is 29.0 Å². The standard InChI is InChI=1S/C34H35N5O4S2.Fe/c1-14-20(7-9-28(40)41)33-32(35)34-21(8-10-29(42)43)15(2)23(39-34)12-26-31(19(6)45)17(4)25(37-26)13-27-30(18(5)44)16(3)24(36-27)11-22(14)38-33;/h11-13,44-45H,7-10,35H2,1-6H3,(H,40,41)(H,42,43);/q-4;+4/b22-11-,26-12-,27-13-,30-18+,31-19+,33-32+;. The topological polar surface area (TPSA) is 157 Å². The molecule has 0 amide bonds. The first-order valence-corrected chi connectivity index (χ1v) is 15.4. The van der Waals surface area contributed by atoms with Gasteiger partial charge in [-0.15, -0.1) is 69.4 Å². The second kappa shape index (κ2) is 13.6. The molecule has 8 bridgehead atoms. The third kappa shape index (κ3) is 6.44. The van der Waals surface area contributed by atoms with Crippen molar-refractivity contribution in [3.63, 3.8) is 0 Å². The van der Waals surface area contributed by atoms with Crippen LogP contribution < -0.4 is 57.5 Å². The second-order valence-corrected chi connectivity index (χ2v) is 12.8. The van der Waals surface area contributed by atoms with Crippen molar-refractivity contribution in [3.8, 4) is 0 Å². The minimum Gasteiger partial charge on any atom is -0.657 e. The number of nitrogens with zero attached hydrogens (tertiary/aromatic N) is 4. The number of hydrogen-bond donors (Lipinski definition) is 5. The molecule has 4 aromatic heterocycles. The van der Waals surface area contributed by atoms with E-state index in [2.05, 4.69) is 0 Å². The van der Waals surface area contributed by atoms with Crippen molar-refractivity contribution in [2.24, 2.45) is 5.73 Å². The molecule has 12 heteroatoms. The first-order chi connectivity index (χ1) is 21.2. The van der Waals surface area contributed by atoms with Gasteiger partial charge in [-0.1, -0.05) is 51.6 Å². The van der Waals surface area contributed by atoms with Gasteiger partial charge in [0.1, 0.15) is 0 Å². The van der Waals surface area contributed by atoms with Crippen molar-refractivity contribution in [3.05, 3.63) is 88.0 Å². The van der Waals surface area contributed by atoms with Crippen LogP contribution in [-0.4, -0.2) is 22.2 Å². The van der Waals surface area contributed by atoms with Crippen LogP contribution in [0.1, 0.15) is 82.8 Å². The van der Waals surface area contributed by atoms with E-state index in [1.165, 1.54) is 0 Å². The van der Waals surface area contributed by atoms with Gasteiger partial charge in [0.25, 0.3) is 0 Å². The fourth-order valence-electron chi connectivity index (χ4n) is 6.09. The summed E-state index contributed by atoms with van der Waals surface area (Å²) >= 11 is 9.40. The molecule has 0 unspecified atom stereocenters. The first-order valence-electron chi connectivity index (χ1n) is 14.5. The molecular weight excluding hydrogens is 662 g/mol. The minimum absolute atomic E-state index is 0. The minimum atomic E-state index is -0.939. The maximum Gasteiger partial charge on any atom is 4.00 e. The molecule has 0 aromatic carbocycles. The zero-order valence-corrected chi connectivity index (χ0v) is 29.3. The molecule has 4 N–H and O–H groups in total. The number of carboxylic acid groups (broad SMARTS) is 2. The molecule has 0 saturated heterocycles. The molecule has 46 heavy (non-hydrogen) atoms. The average molecular weight is 698 g/mol. The molecule has 0 fully saturated rings. The van der Waals surface area contributed by atoms with E-state index in [-0.39, 0.29) is 48.4 Å². The molecule has 9 nitrogen and oxygen atoms in total. The van der Waals surface area contributed by atoms with Crippen LogP contribution in [0.3, 0.4) is 0 Å². The van der Waals surface area contributed by atoms with Gasteiger partial charge in [-0.2, -0.15) is 0 Å². The third-order valence-corrected chi connectivity index (χ3v) is 8.90. The van der Waals surface area contributed by atoms with Crippen molar-refractivity contribution < 1.29 is 36.9 Å². The van der Waals surface area contributed by atoms with Crippen LogP contribution in [0.25, 0.3) is 33.7 Å². The normalized spacial score (nSPS) is 17.1. The number of hydrogen-bond acceptors (Lipinski definition) is 5. The largest absolute Gasteiger partial charge is 4.00 e. The fourth-order valence-corrected chi connectivity index (χ4v) is 6.66. The molecular formula is C34H35FeN5O4S2. The van der Waals surface area contributed by atoms with Crippen LogP contribution in [0, 0.1) is 27.7 Å². The van der Waals surface area contributed by atoms with E-state index in [1.807, 2.05) is 59.8 Å². The first kappa shape index (κ1) is 35.2. The Labute approximate surface area is 287 Å². The molecule has 240 valence electrons. The Morgan fingerprint density at radius 2 is 1.11 bits per heavy atom. The fraction of sp³-hybridized carbons (Fsp3) is 0.294. The van der Waals surface area contributed by atoms with Gasteiger partial charge in [0.2, 0.25) is 0 Å². The molecule has 0 aliphatic carbocycles. The summed E-state index contributed by atoms with van der Waals surface area (Å²) in [5.74, 6) is -1.88. The number of rotatable bonds is 6. The summed E-state index contributed by atoms with van der Waals surface area (Å²) in [6, 6.07) is 0. The Morgan fingerprint density at radius 3 is 1.57 bits per heavy atom. The van der Waals surface area contributed by atoms with E-state index in [9.17, 15) is 19.8 Å². The van der Waals surface area contributed by atoms with Crippen molar-refractivity contribution >= 4 is 70.9 Å². The predicted molar refractivity (Wildman–Crippen MR) is 181 cm³/mol. The van der Waals surface area contributed by atoms with Crippen LogP contribution in [-0.2, 0) is 39.5 Å². The SMILES string of the molecule is C/C(S)=c1/c(C)c2[n-]/c1=C\c1[n-]c(c(CCC(=O)O)c1C)/C(N)=c1\[n-]/c(c(C)c1CCC(=O)O)=C\c1[n-]c(/c(=C(\C)S)c1C)=C\2.[Fe+4]. The van der Waals surface area contributed by atoms with Crippen LogP contribution in [0.2, 0.25) is 0 Å². The van der Waals surface area contributed by atoms with E-state index in [0.29, 0.717) is 44.3 Å². The Kier molecular flexibility index (Phi) is 10.4. The van der Waals surface area contributed by atoms with Gasteiger partial charge in [-0.25, -0.2) is 0 Å². The Hall–Kier alpha value is -3.70. The van der Waals surface area contributed by atoms with Crippen molar-refractivity contribution in [2.45, 2.75) is 67.2 Å². The van der Waals surface area contributed by atoms with Crippen molar-refractivity contribution in [1.82, 2.24) is 19.9 Å². The molecule has 1 aliphatic rings. The number of carboxylic acids is 2. The van der Waals surface area contributed by atoms with E-state index >= 15 is 0 Å². The summed E-state index contributed by atoms with van der Waals surface area (Å²) < 4.78 is 0. The summed E-state index contributed by atoms with van der Waals surface area (Å²) in [7, 11) is 0. The zero-order valence-electron chi connectivity index (χ0n) is 26.4. The number of thiol groups is 2. The Morgan fingerprint density at radius 1 is 0.674 bits per heavy atom. The number of nitrogens with two attached hydrogens (primary N) is 1. The quantitative estimate of drug-likeness (QED) is 0.136. The number of aromatic nitrogens is 4. The maximum atomic E-state index is 11.6. The van der Waals surface area contributed by atoms with Gasteiger partial charge in [0.15, 0.2) is 0 Å². The summed E-state index contributed by atoms with van der Waals surface area (Å²) in [5, 5.41) is 23.3. The zero-order chi connectivity index (χ0) is 32.9. The van der Waals surface area contributed by atoms with Gasteiger partial charge in [0, 0.05) is 18.5 Å². The van der Waals surface area contributed by atoms with Crippen LogP contribution in [0.5, 0.6) is 0 Å². The maximum absolute atomic E-state index is 11.6. The number of aliphatic carboxylic acids is 2. The van der Waals surface area contributed by atoms with Crippen LogP contribution in [0.15, 0.2) is 0 Å². The molecule has 0 saturated carbocycles. The van der Waals surface area contributed by atoms with E-state index in [0.717, 1.165) is 53.5 Å². The van der Waals surface area contributed by atoms with Crippen molar-refractivity contribution in [2.75, 3.05) is 0 Å². The summed E-state index contributed by atoms with van der Waals surface area (Å²) in [5.41, 5.74) is 14.5. The number of fused-ring (bicyclic) bond motifs is 8. The Balaban J connectivity index is 0.00000480. The molecule has 0 radical (unpaired) electrons. The summed E-state index contributed by atoms with van der Waals surface area (Å²) in [6.45, 7) is 11.6. The average Bonchev–Trinajstić information content (AvgIpc) is 3.63. The van der Waals surface area contributed by atoms with Gasteiger partial charge in [-0.05, 0) is 74.6 Å². The molecule has 4 aromatic rings. The molecule has 5 heterocycles.